The van der Waals surface area contributed by atoms with Crippen molar-refractivity contribution < 1.29 is 0 Å². The molecule has 85 valence electrons. The molecule has 0 amide bonds. The maximum atomic E-state index is 3.93. The van der Waals surface area contributed by atoms with Gasteiger partial charge in [-0.15, -0.1) is 0 Å². The van der Waals surface area contributed by atoms with Gasteiger partial charge in [-0.2, -0.15) is 4.98 Å². The summed E-state index contributed by atoms with van der Waals surface area (Å²) in [7, 11) is 0. The van der Waals surface area contributed by atoms with Gasteiger partial charge in [0.05, 0.1) is 0 Å². The zero-order valence-corrected chi connectivity index (χ0v) is 8.78. The molecule has 17 heavy (non-hydrogen) atoms. The molecule has 0 aliphatic rings. The maximum absolute atomic E-state index is 3.93. The van der Waals surface area contributed by atoms with Crippen LogP contribution in [0.4, 0.5) is 11.9 Å². The van der Waals surface area contributed by atoms with Crippen LogP contribution in [0.5, 0.6) is 0 Å². The van der Waals surface area contributed by atoms with E-state index < -0.39 is 0 Å². The Balaban J connectivity index is 2.01. The third-order valence-corrected chi connectivity index (χ3v) is 1.75. The number of hydrogen-bond acceptors (Lipinski definition) is 8. The first-order chi connectivity index (χ1) is 8.38. The molecular weight excluding hydrogens is 220 g/mol. The molecule has 0 fully saturated rings. The van der Waals surface area contributed by atoms with Gasteiger partial charge in [-0.1, -0.05) is 6.58 Å². The zero-order valence-electron chi connectivity index (χ0n) is 8.78. The lowest BCUT2D eigenvalue weighted by atomic mass is 10.5. The van der Waals surface area contributed by atoms with Crippen LogP contribution in [0.2, 0.25) is 0 Å². The summed E-state index contributed by atoms with van der Waals surface area (Å²) in [6.45, 7) is 3.68. The van der Waals surface area contributed by atoms with E-state index in [0.29, 0.717) is 11.9 Å². The Morgan fingerprint density at radius 2 is 1.82 bits per heavy atom. The molecule has 0 saturated carbocycles. The van der Waals surface area contributed by atoms with Gasteiger partial charge in [-0.3, -0.25) is 0 Å². The summed E-state index contributed by atoms with van der Waals surface area (Å²) in [4.78, 5) is 22.9. The summed E-state index contributed by atoms with van der Waals surface area (Å²) < 4.78 is 0. The van der Waals surface area contributed by atoms with Gasteiger partial charge in [0.25, 0.3) is 0 Å². The minimum Gasteiger partial charge on any atom is -0.331 e. The van der Waals surface area contributed by atoms with E-state index in [-0.39, 0.29) is 6.17 Å². The van der Waals surface area contributed by atoms with E-state index in [1.54, 1.807) is 6.08 Å². The van der Waals surface area contributed by atoms with Crippen molar-refractivity contribution in [3.8, 4) is 0 Å². The predicted octanol–water partition coefficient (Wildman–Crippen LogP) is -0.107. The standard InChI is InChI=1S/C9H9N8/c1-2-7(16-8-12-3-10-4-13-8)17-9-14-5-11-6-15-9/h2-5,7H,1H2,(H,10,12,13,16)(H,11,14,15,17). The van der Waals surface area contributed by atoms with E-state index >= 15 is 0 Å². The van der Waals surface area contributed by atoms with E-state index in [4.69, 9.17) is 0 Å². The SMILES string of the molecule is C=CC(Nc1n[c]ncn1)Nc1ncncn1. The van der Waals surface area contributed by atoms with Crippen LogP contribution in [-0.2, 0) is 0 Å². The van der Waals surface area contributed by atoms with Crippen molar-refractivity contribution in [2.45, 2.75) is 6.17 Å². The van der Waals surface area contributed by atoms with Gasteiger partial charge < -0.3 is 10.6 Å². The van der Waals surface area contributed by atoms with Crippen molar-refractivity contribution in [3.63, 3.8) is 0 Å². The largest absolute Gasteiger partial charge is 0.331 e. The molecule has 2 aromatic heterocycles. The summed E-state index contributed by atoms with van der Waals surface area (Å²) in [5, 5.41) is 5.93. The molecule has 1 unspecified atom stereocenters. The minimum atomic E-state index is -0.312. The molecule has 2 N–H and O–H groups in total. The third kappa shape index (κ3) is 3.16. The highest BCUT2D eigenvalue weighted by Crippen LogP contribution is 2.01. The van der Waals surface area contributed by atoms with Gasteiger partial charge in [0.2, 0.25) is 18.2 Å². The molecule has 1 radical (unpaired) electrons. The van der Waals surface area contributed by atoms with E-state index in [9.17, 15) is 0 Å². The molecule has 8 heteroatoms. The summed E-state index contributed by atoms with van der Waals surface area (Å²) in [6.07, 6.45) is 7.88. The van der Waals surface area contributed by atoms with Crippen molar-refractivity contribution in [2.24, 2.45) is 0 Å². The molecule has 0 aliphatic heterocycles. The second-order valence-corrected chi connectivity index (χ2v) is 2.87. The molecule has 2 heterocycles. The monoisotopic (exact) mass is 229 g/mol. The van der Waals surface area contributed by atoms with E-state index in [2.05, 4.69) is 53.4 Å². The first kappa shape index (κ1) is 10.9. The Morgan fingerprint density at radius 3 is 2.47 bits per heavy atom. The molecule has 0 aliphatic carbocycles. The molecule has 0 bridgehead atoms. The Morgan fingerprint density at radius 1 is 1.12 bits per heavy atom. The molecule has 2 rings (SSSR count). The number of rotatable bonds is 5. The normalized spacial score (nSPS) is 9.94. The fourth-order valence-corrected chi connectivity index (χ4v) is 1.03. The van der Waals surface area contributed by atoms with Gasteiger partial charge in [0.1, 0.15) is 25.1 Å². The third-order valence-electron chi connectivity index (χ3n) is 1.75. The van der Waals surface area contributed by atoms with Gasteiger partial charge in [0.15, 0.2) is 0 Å². The highest BCUT2D eigenvalue weighted by Gasteiger charge is 2.06. The van der Waals surface area contributed by atoms with Crippen LogP contribution >= 0.6 is 0 Å². The first-order valence-corrected chi connectivity index (χ1v) is 4.71. The van der Waals surface area contributed by atoms with Crippen LogP contribution in [-0.4, -0.2) is 36.1 Å². The minimum absolute atomic E-state index is 0.312. The highest BCUT2D eigenvalue weighted by molar-refractivity contribution is 5.34. The van der Waals surface area contributed by atoms with Gasteiger partial charge in [-0.05, 0) is 6.08 Å². The van der Waals surface area contributed by atoms with Crippen LogP contribution < -0.4 is 10.6 Å². The number of hydrogen-bond donors (Lipinski definition) is 2. The molecule has 2 aromatic rings. The molecule has 1 atom stereocenters. The highest BCUT2D eigenvalue weighted by atomic mass is 15.3. The number of aromatic nitrogens is 6. The van der Waals surface area contributed by atoms with Crippen LogP contribution in [0.15, 0.2) is 31.6 Å². The number of nitrogens with zero attached hydrogens (tertiary/aromatic N) is 6. The second-order valence-electron chi connectivity index (χ2n) is 2.87. The maximum Gasteiger partial charge on any atom is 0.228 e. The molecule has 0 saturated heterocycles. The number of nitrogens with one attached hydrogen (secondary N) is 2. The average molecular weight is 229 g/mol. The van der Waals surface area contributed by atoms with Crippen molar-refractivity contribution in [1.29, 1.82) is 0 Å². The Labute approximate surface area is 97.3 Å². The Kier molecular flexibility index (Phi) is 3.48. The van der Waals surface area contributed by atoms with Crippen LogP contribution in [0.3, 0.4) is 0 Å². The fraction of sp³-hybridized carbons (Fsp3) is 0.111. The summed E-state index contributed by atoms with van der Waals surface area (Å²) >= 11 is 0. The van der Waals surface area contributed by atoms with E-state index in [1.165, 1.54) is 19.0 Å². The molecule has 0 spiro atoms. The topological polar surface area (TPSA) is 101 Å². The summed E-state index contributed by atoms with van der Waals surface area (Å²) in [6, 6.07) is 0. The summed E-state index contributed by atoms with van der Waals surface area (Å²) in [5.74, 6) is 0.807. The van der Waals surface area contributed by atoms with E-state index in [1.807, 2.05) is 0 Å². The lowest BCUT2D eigenvalue weighted by molar-refractivity contribution is 0.913. The first-order valence-electron chi connectivity index (χ1n) is 4.71. The summed E-state index contributed by atoms with van der Waals surface area (Å²) in [5.41, 5.74) is 0. The van der Waals surface area contributed by atoms with Crippen molar-refractivity contribution in [3.05, 3.63) is 38.0 Å². The van der Waals surface area contributed by atoms with Crippen molar-refractivity contribution in [2.75, 3.05) is 10.6 Å². The Hall–Kier alpha value is -2.64. The van der Waals surface area contributed by atoms with Crippen molar-refractivity contribution in [1.82, 2.24) is 29.9 Å². The molecule has 8 nitrogen and oxygen atoms in total. The van der Waals surface area contributed by atoms with E-state index in [0.717, 1.165) is 0 Å². The lowest BCUT2D eigenvalue weighted by Gasteiger charge is -2.15. The second kappa shape index (κ2) is 5.45. The average Bonchev–Trinajstić information content (AvgIpc) is 2.40. The van der Waals surface area contributed by atoms with Gasteiger partial charge in [-0.25, -0.2) is 24.9 Å². The van der Waals surface area contributed by atoms with Crippen LogP contribution in [0, 0.1) is 6.33 Å². The predicted molar refractivity (Wildman–Crippen MR) is 59.7 cm³/mol. The van der Waals surface area contributed by atoms with Crippen molar-refractivity contribution >= 4 is 11.9 Å². The van der Waals surface area contributed by atoms with Crippen LogP contribution in [0.25, 0.3) is 0 Å². The van der Waals surface area contributed by atoms with Gasteiger partial charge in [0, 0.05) is 0 Å². The van der Waals surface area contributed by atoms with Gasteiger partial charge >= 0.3 is 0 Å². The molecular formula is C9H9N8. The van der Waals surface area contributed by atoms with Crippen LogP contribution in [0.1, 0.15) is 0 Å². The quantitative estimate of drug-likeness (QED) is 0.541. The molecule has 0 aromatic carbocycles. The number of anilines is 2. The zero-order chi connectivity index (χ0) is 11.9. The smallest absolute Gasteiger partial charge is 0.228 e. The lowest BCUT2D eigenvalue weighted by Crippen LogP contribution is -2.28. The Bertz CT molecular complexity index is 417. The fourth-order valence-electron chi connectivity index (χ4n) is 1.03.